The van der Waals surface area contributed by atoms with Crippen LogP contribution in [0.4, 0.5) is 0 Å². The van der Waals surface area contributed by atoms with Crippen LogP contribution in [0.5, 0.6) is 0 Å². The van der Waals surface area contributed by atoms with Gasteiger partial charge in [-0.15, -0.1) is 0 Å². The molecule has 0 fully saturated rings. The molecule has 32 heavy (non-hydrogen) atoms. The quantitative estimate of drug-likeness (QED) is 0.304. The molecule has 2 heterocycles. The van der Waals surface area contributed by atoms with Crippen molar-refractivity contribution in [3.05, 3.63) is 70.8 Å². The lowest BCUT2D eigenvalue weighted by Crippen LogP contribution is -2.44. The number of nitrogens with zero attached hydrogens (tertiary/aromatic N) is 3. The van der Waals surface area contributed by atoms with Crippen molar-refractivity contribution in [3.8, 4) is 12.0 Å². The van der Waals surface area contributed by atoms with E-state index in [9.17, 15) is 19.2 Å². The fourth-order valence-corrected chi connectivity index (χ4v) is 3.79. The molecule has 4 amide bonds. The van der Waals surface area contributed by atoms with Gasteiger partial charge in [0.15, 0.2) is 0 Å². The molecule has 0 aliphatic carbocycles. The normalized spacial score (nSPS) is 15.2. The average molecular weight is 429 g/mol. The van der Waals surface area contributed by atoms with E-state index in [2.05, 4.69) is 17.2 Å². The Kier molecular flexibility index (Phi) is 5.56. The largest absolute Gasteiger partial charge is 0.304 e. The Balaban J connectivity index is 1.62. The third-order valence-corrected chi connectivity index (χ3v) is 5.49. The molecule has 0 saturated carbocycles. The minimum Gasteiger partial charge on any atom is -0.304 e. The number of benzene rings is 2. The minimum atomic E-state index is -0.641. The van der Waals surface area contributed by atoms with Crippen LogP contribution in [-0.2, 0) is 4.84 Å². The van der Waals surface area contributed by atoms with E-state index in [0.717, 1.165) is 9.80 Å². The Morgan fingerprint density at radius 1 is 0.812 bits per heavy atom. The summed E-state index contributed by atoms with van der Waals surface area (Å²) in [5.74, 6) is 0.181. The van der Waals surface area contributed by atoms with E-state index >= 15 is 0 Å². The van der Waals surface area contributed by atoms with Gasteiger partial charge in [-0.25, -0.2) is 0 Å². The molecule has 4 rings (SSSR count). The maximum absolute atomic E-state index is 12.8. The first-order chi connectivity index (χ1) is 15.4. The van der Waals surface area contributed by atoms with Crippen molar-refractivity contribution in [2.45, 2.75) is 13.8 Å². The standard InChI is InChI=1S/C24H19N3O5/c1-3-12-32-25-15(2)16(13-26-21(28)17-8-4-5-9-18(17)22(26)29)14-27-23(30)19-10-6-7-11-20(19)24(27)31/h4-11,16H,13-14H2,1-2H3/b25-15+. The van der Waals surface area contributed by atoms with E-state index in [0.29, 0.717) is 28.0 Å². The van der Waals surface area contributed by atoms with Gasteiger partial charge >= 0.3 is 0 Å². The van der Waals surface area contributed by atoms with Crippen molar-refractivity contribution in [3.63, 3.8) is 0 Å². The molecule has 0 atom stereocenters. The molecule has 0 N–H and O–H groups in total. The van der Waals surface area contributed by atoms with Crippen molar-refractivity contribution >= 4 is 29.3 Å². The Morgan fingerprint density at radius 3 is 1.53 bits per heavy atom. The van der Waals surface area contributed by atoms with Gasteiger partial charge in [0.25, 0.3) is 23.6 Å². The summed E-state index contributed by atoms with van der Waals surface area (Å²) in [5.41, 5.74) is 1.67. The number of amides is 4. The van der Waals surface area contributed by atoms with Crippen LogP contribution in [0, 0.1) is 17.9 Å². The number of rotatable bonds is 6. The summed E-state index contributed by atoms with van der Waals surface area (Å²) in [6, 6.07) is 13.1. The van der Waals surface area contributed by atoms with Crippen molar-refractivity contribution in [2.24, 2.45) is 11.1 Å². The van der Waals surface area contributed by atoms with E-state index in [1.807, 2.05) is 0 Å². The molecule has 0 spiro atoms. The highest BCUT2D eigenvalue weighted by Crippen LogP contribution is 2.27. The number of hydrogen-bond acceptors (Lipinski definition) is 6. The summed E-state index contributed by atoms with van der Waals surface area (Å²) < 4.78 is 0. The van der Waals surface area contributed by atoms with Crippen molar-refractivity contribution in [2.75, 3.05) is 13.1 Å². The highest BCUT2D eigenvalue weighted by Gasteiger charge is 2.40. The van der Waals surface area contributed by atoms with Gasteiger partial charge in [0.2, 0.25) is 0 Å². The zero-order valence-electron chi connectivity index (χ0n) is 17.5. The van der Waals surface area contributed by atoms with Gasteiger partial charge in [0.1, 0.15) is 6.11 Å². The van der Waals surface area contributed by atoms with Crippen LogP contribution in [0.2, 0.25) is 0 Å². The van der Waals surface area contributed by atoms with E-state index < -0.39 is 29.5 Å². The van der Waals surface area contributed by atoms with Crippen molar-refractivity contribution in [1.82, 2.24) is 9.80 Å². The van der Waals surface area contributed by atoms with Crippen LogP contribution in [0.25, 0.3) is 0 Å². The van der Waals surface area contributed by atoms with Gasteiger partial charge in [-0.05, 0) is 31.2 Å². The minimum absolute atomic E-state index is 0.0714. The maximum atomic E-state index is 12.8. The van der Waals surface area contributed by atoms with Gasteiger partial charge < -0.3 is 4.84 Å². The second-order valence-electron chi connectivity index (χ2n) is 7.41. The van der Waals surface area contributed by atoms with Crippen LogP contribution in [0.15, 0.2) is 53.7 Å². The first-order valence-corrected chi connectivity index (χ1v) is 9.96. The molecule has 2 aliphatic heterocycles. The smallest absolute Gasteiger partial charge is 0.261 e. The fourth-order valence-electron chi connectivity index (χ4n) is 3.79. The number of fused-ring (bicyclic) bond motifs is 2. The van der Waals surface area contributed by atoms with E-state index in [1.165, 1.54) is 0 Å². The Labute approximate surface area is 184 Å². The number of hydrogen-bond donors (Lipinski definition) is 0. The van der Waals surface area contributed by atoms with Gasteiger partial charge in [0, 0.05) is 25.9 Å². The molecular weight excluding hydrogens is 410 g/mol. The molecule has 160 valence electrons. The fraction of sp³-hybridized carbons (Fsp3) is 0.208. The first kappa shape index (κ1) is 21.0. The predicted molar refractivity (Wildman–Crippen MR) is 115 cm³/mol. The molecule has 2 aliphatic rings. The predicted octanol–water partition coefficient (Wildman–Crippen LogP) is 2.57. The summed E-state index contributed by atoms with van der Waals surface area (Å²) in [6.07, 6.45) is 2.35. The zero-order valence-corrected chi connectivity index (χ0v) is 17.5. The van der Waals surface area contributed by atoms with Crippen molar-refractivity contribution in [1.29, 1.82) is 0 Å². The Morgan fingerprint density at radius 2 is 1.19 bits per heavy atom. The van der Waals surface area contributed by atoms with Gasteiger partial charge in [-0.3, -0.25) is 29.0 Å². The molecule has 0 radical (unpaired) electrons. The second kappa shape index (κ2) is 8.47. The highest BCUT2D eigenvalue weighted by atomic mass is 16.6. The van der Waals surface area contributed by atoms with E-state index in [-0.39, 0.29) is 13.1 Å². The van der Waals surface area contributed by atoms with Gasteiger partial charge in [-0.2, -0.15) is 0 Å². The molecular formula is C24H19N3O5. The zero-order chi connectivity index (χ0) is 22.8. The topological polar surface area (TPSA) is 96.3 Å². The molecule has 0 aromatic heterocycles. The van der Waals surface area contributed by atoms with Gasteiger partial charge in [0.05, 0.1) is 28.0 Å². The molecule has 0 bridgehead atoms. The van der Waals surface area contributed by atoms with E-state index in [1.54, 1.807) is 62.4 Å². The third-order valence-electron chi connectivity index (χ3n) is 5.49. The van der Waals surface area contributed by atoms with Crippen LogP contribution >= 0.6 is 0 Å². The average Bonchev–Trinajstić information content (AvgIpc) is 3.19. The SMILES string of the molecule is CC#CO/N=C(\C)C(CN1C(=O)c2ccccc2C1=O)CN1C(=O)c2ccccc2C1=O. The Bertz CT molecular complexity index is 1090. The summed E-state index contributed by atoms with van der Waals surface area (Å²) in [7, 11) is 0. The lowest BCUT2D eigenvalue weighted by Gasteiger charge is -2.25. The molecule has 0 unspecified atom stereocenters. The van der Waals surface area contributed by atoms with Crippen LogP contribution < -0.4 is 0 Å². The molecule has 2 aromatic rings. The number of imide groups is 2. The number of oxime groups is 1. The van der Waals surface area contributed by atoms with Crippen LogP contribution in [-0.4, -0.2) is 52.2 Å². The monoisotopic (exact) mass is 429 g/mol. The maximum Gasteiger partial charge on any atom is 0.261 e. The highest BCUT2D eigenvalue weighted by molar-refractivity contribution is 6.22. The second-order valence-corrected chi connectivity index (χ2v) is 7.41. The van der Waals surface area contributed by atoms with Gasteiger partial charge in [-0.1, -0.05) is 35.3 Å². The number of carbonyl (C=O) groups is 4. The van der Waals surface area contributed by atoms with Crippen molar-refractivity contribution < 1.29 is 24.0 Å². The molecule has 8 nitrogen and oxygen atoms in total. The van der Waals surface area contributed by atoms with Crippen LogP contribution in [0.3, 0.4) is 0 Å². The molecule has 2 aromatic carbocycles. The summed E-state index contributed by atoms with van der Waals surface area (Å²) in [6.45, 7) is 3.08. The third kappa shape index (κ3) is 3.54. The summed E-state index contributed by atoms with van der Waals surface area (Å²) in [4.78, 5) is 58.5. The number of carbonyl (C=O) groups excluding carboxylic acids is 4. The summed E-state index contributed by atoms with van der Waals surface area (Å²) in [5, 5.41) is 3.94. The Hall–Kier alpha value is -4.25. The summed E-state index contributed by atoms with van der Waals surface area (Å²) >= 11 is 0. The first-order valence-electron chi connectivity index (χ1n) is 9.96. The molecule has 8 heteroatoms. The lowest BCUT2D eigenvalue weighted by atomic mass is 10.0. The van der Waals surface area contributed by atoms with E-state index in [4.69, 9.17) is 4.84 Å². The lowest BCUT2D eigenvalue weighted by molar-refractivity contribution is 0.0604. The van der Waals surface area contributed by atoms with Crippen LogP contribution in [0.1, 0.15) is 55.3 Å². The molecule has 0 saturated heterocycles.